The molecule has 0 saturated carbocycles. The molecule has 1 atom stereocenters. The molecule has 0 spiro atoms. The fraction of sp³-hybridized carbons (Fsp3) is 0.316. The lowest BCUT2D eigenvalue weighted by atomic mass is 10.0. The van der Waals surface area contributed by atoms with E-state index in [0.717, 1.165) is 24.4 Å². The summed E-state index contributed by atoms with van der Waals surface area (Å²) in [6, 6.07) is -0.0106. The van der Waals surface area contributed by atoms with Gasteiger partial charge in [-0.1, -0.05) is 0 Å². The number of rotatable bonds is 5. The van der Waals surface area contributed by atoms with Crippen LogP contribution in [0.1, 0.15) is 34.0 Å². The van der Waals surface area contributed by atoms with Gasteiger partial charge in [-0.2, -0.15) is 13.2 Å². The quantitative estimate of drug-likeness (QED) is 0.419. The third-order valence-corrected chi connectivity index (χ3v) is 4.69. The summed E-state index contributed by atoms with van der Waals surface area (Å²) >= 11 is 0. The molecule has 7 nitrogen and oxygen atoms in total. The number of esters is 1. The van der Waals surface area contributed by atoms with Crippen LogP contribution in [0.3, 0.4) is 0 Å². The lowest BCUT2D eigenvalue weighted by molar-refractivity contribution is -0.145. The van der Waals surface area contributed by atoms with Crippen molar-refractivity contribution in [1.29, 1.82) is 0 Å². The maximum absolute atomic E-state index is 13.8. The van der Waals surface area contributed by atoms with Crippen LogP contribution in [0.2, 0.25) is 0 Å². The Hall–Kier alpha value is -3.35. The largest absolute Gasteiger partial charge is 0.464 e. The molecule has 1 amide bonds. The molecule has 3 rings (SSSR count). The third kappa shape index (κ3) is 4.61. The Morgan fingerprint density at radius 2 is 1.81 bits per heavy atom. The Kier molecular flexibility index (Phi) is 6.30. The van der Waals surface area contributed by atoms with Gasteiger partial charge in [0.05, 0.1) is 19.3 Å². The van der Waals surface area contributed by atoms with Crippen molar-refractivity contribution in [3.05, 3.63) is 58.6 Å². The maximum Gasteiger partial charge on any atom is 0.450 e. The van der Waals surface area contributed by atoms with E-state index in [4.69, 9.17) is 5.73 Å². The van der Waals surface area contributed by atoms with Gasteiger partial charge in [0.25, 0.3) is 0 Å². The molecule has 1 unspecified atom stereocenters. The average Bonchev–Trinajstić information content (AvgIpc) is 3.10. The van der Waals surface area contributed by atoms with Crippen LogP contribution in [0.5, 0.6) is 0 Å². The molecule has 172 valence electrons. The van der Waals surface area contributed by atoms with Gasteiger partial charge >= 0.3 is 12.1 Å². The number of carbonyl (C=O) groups excluding carboxylic acids is 2. The number of imidazole rings is 1. The second-order valence-corrected chi connectivity index (χ2v) is 6.94. The van der Waals surface area contributed by atoms with Crippen molar-refractivity contribution in [2.24, 2.45) is 5.73 Å². The Morgan fingerprint density at radius 3 is 2.44 bits per heavy atom. The molecule has 0 saturated heterocycles. The third-order valence-electron chi connectivity index (χ3n) is 4.69. The molecule has 0 fully saturated rings. The lowest BCUT2D eigenvalue weighted by Crippen LogP contribution is -2.36. The first-order valence-corrected chi connectivity index (χ1v) is 9.05. The van der Waals surface area contributed by atoms with Crippen molar-refractivity contribution in [2.75, 3.05) is 7.11 Å². The first-order chi connectivity index (χ1) is 14.9. The number of fused-ring (bicyclic) bond motifs is 1. The van der Waals surface area contributed by atoms with Crippen LogP contribution in [0, 0.1) is 17.5 Å². The lowest BCUT2D eigenvalue weighted by Gasteiger charge is -2.25. The summed E-state index contributed by atoms with van der Waals surface area (Å²) in [5.74, 6) is -6.81. The molecule has 13 heteroatoms. The van der Waals surface area contributed by atoms with E-state index in [2.05, 4.69) is 9.72 Å². The molecule has 1 aliphatic rings. The van der Waals surface area contributed by atoms with Gasteiger partial charge in [0.2, 0.25) is 11.7 Å². The molecule has 2 N–H and O–H groups in total. The minimum atomic E-state index is -4.87. The molecule has 1 aromatic carbocycles. The predicted octanol–water partition coefficient (Wildman–Crippen LogP) is 2.84. The highest BCUT2D eigenvalue weighted by molar-refractivity contribution is 5.89. The van der Waals surface area contributed by atoms with Crippen molar-refractivity contribution >= 4 is 18.1 Å². The predicted molar refractivity (Wildman–Crippen MR) is 97.1 cm³/mol. The highest BCUT2D eigenvalue weighted by Gasteiger charge is 2.41. The van der Waals surface area contributed by atoms with Crippen LogP contribution in [0.15, 0.2) is 18.3 Å². The van der Waals surface area contributed by atoms with Gasteiger partial charge in [-0.3, -0.25) is 9.36 Å². The van der Waals surface area contributed by atoms with Crippen LogP contribution in [0.4, 0.5) is 26.3 Å². The number of methoxy groups -OCH3 is 1. The number of alkyl halides is 3. The fourth-order valence-corrected chi connectivity index (χ4v) is 3.19. The summed E-state index contributed by atoms with van der Waals surface area (Å²) in [5.41, 5.74) is 4.77. The van der Waals surface area contributed by atoms with Crippen molar-refractivity contribution in [1.82, 2.24) is 14.5 Å². The van der Waals surface area contributed by atoms with Crippen molar-refractivity contribution in [3.63, 3.8) is 0 Å². The number of amides is 1. The molecular formula is C19H16F6N4O3. The number of carbonyl (C=O) groups is 2. The molecule has 0 radical (unpaired) electrons. The molecular weight excluding hydrogens is 446 g/mol. The molecule has 1 aromatic heterocycles. The van der Waals surface area contributed by atoms with Gasteiger partial charge in [0.15, 0.2) is 17.3 Å². The summed E-state index contributed by atoms with van der Waals surface area (Å²) in [5, 5.41) is 0. The first kappa shape index (κ1) is 23.3. The highest BCUT2D eigenvalue weighted by atomic mass is 19.4. The van der Waals surface area contributed by atoms with E-state index in [1.54, 1.807) is 0 Å². The van der Waals surface area contributed by atoms with E-state index in [1.165, 1.54) is 0 Å². The van der Waals surface area contributed by atoms with E-state index in [-0.39, 0.29) is 17.7 Å². The second-order valence-electron chi connectivity index (χ2n) is 6.94. The SMILES string of the molecule is COC(=O)c1nc(C(F)(F)F)n2c1CN(C(=O)CC(N)Cc1cc(F)c(F)cc1F)C=C2. The standard InChI is InChI=1S/C19H16F6N4O3/c1-32-17(31)16-14-8-28(2-3-29(14)18(27-16)19(23,24)25)15(30)6-10(26)4-9-5-12(21)13(22)7-11(9)20/h2-3,5,7,10H,4,6,8,26H2,1H3. The number of hydrogen-bond donors (Lipinski definition) is 1. The van der Waals surface area contributed by atoms with Crippen molar-refractivity contribution < 1.29 is 40.7 Å². The Balaban J connectivity index is 1.77. The Morgan fingerprint density at radius 1 is 1.16 bits per heavy atom. The summed E-state index contributed by atoms with van der Waals surface area (Å²) < 4.78 is 84.9. The summed E-state index contributed by atoms with van der Waals surface area (Å²) in [7, 11) is 0.972. The van der Waals surface area contributed by atoms with Gasteiger partial charge in [0, 0.05) is 30.9 Å². The highest BCUT2D eigenvalue weighted by Crippen LogP contribution is 2.33. The van der Waals surface area contributed by atoms with Gasteiger partial charge in [0.1, 0.15) is 5.82 Å². The van der Waals surface area contributed by atoms with Crippen LogP contribution < -0.4 is 5.73 Å². The monoisotopic (exact) mass is 462 g/mol. The van der Waals surface area contributed by atoms with Gasteiger partial charge in [-0.15, -0.1) is 0 Å². The van der Waals surface area contributed by atoms with Crippen LogP contribution in [-0.2, 0) is 28.7 Å². The van der Waals surface area contributed by atoms with E-state index >= 15 is 0 Å². The number of ether oxygens (including phenoxy) is 1. The van der Waals surface area contributed by atoms with Crippen molar-refractivity contribution in [3.8, 4) is 0 Å². The number of nitrogens with zero attached hydrogens (tertiary/aromatic N) is 3. The van der Waals surface area contributed by atoms with E-state index in [9.17, 15) is 35.9 Å². The summed E-state index contributed by atoms with van der Waals surface area (Å²) in [6.07, 6.45) is -3.58. The number of halogens is 6. The summed E-state index contributed by atoms with van der Waals surface area (Å²) in [4.78, 5) is 28.7. The fourth-order valence-electron chi connectivity index (χ4n) is 3.19. The zero-order valence-electron chi connectivity index (χ0n) is 16.4. The number of nitrogens with two attached hydrogens (primary N) is 1. The Labute approximate surface area is 177 Å². The van der Waals surface area contributed by atoms with E-state index in [1.807, 2.05) is 0 Å². The second kappa shape index (κ2) is 8.65. The van der Waals surface area contributed by atoms with E-state index < -0.39 is 66.0 Å². The smallest absolute Gasteiger partial charge is 0.450 e. The minimum absolute atomic E-state index is 0.222. The topological polar surface area (TPSA) is 90.5 Å². The normalized spacial score (nSPS) is 14.3. The number of hydrogen-bond acceptors (Lipinski definition) is 5. The van der Waals surface area contributed by atoms with Crippen LogP contribution in [-0.4, -0.2) is 39.5 Å². The van der Waals surface area contributed by atoms with Crippen LogP contribution >= 0.6 is 0 Å². The molecule has 32 heavy (non-hydrogen) atoms. The maximum atomic E-state index is 13.8. The zero-order valence-corrected chi connectivity index (χ0v) is 16.4. The molecule has 2 aromatic rings. The zero-order chi connectivity index (χ0) is 23.8. The molecule has 0 aliphatic carbocycles. The molecule has 1 aliphatic heterocycles. The molecule has 2 heterocycles. The molecule has 0 bridgehead atoms. The van der Waals surface area contributed by atoms with Crippen LogP contribution in [0.25, 0.3) is 6.20 Å². The van der Waals surface area contributed by atoms with Crippen molar-refractivity contribution in [2.45, 2.75) is 31.6 Å². The van der Waals surface area contributed by atoms with Gasteiger partial charge < -0.3 is 15.4 Å². The number of benzene rings is 1. The first-order valence-electron chi connectivity index (χ1n) is 9.05. The minimum Gasteiger partial charge on any atom is -0.464 e. The van der Waals surface area contributed by atoms with Gasteiger partial charge in [-0.05, 0) is 18.1 Å². The number of aromatic nitrogens is 2. The van der Waals surface area contributed by atoms with E-state index in [0.29, 0.717) is 16.7 Å². The Bertz CT molecular complexity index is 1100. The van der Waals surface area contributed by atoms with Gasteiger partial charge in [-0.25, -0.2) is 22.9 Å². The average molecular weight is 462 g/mol. The summed E-state index contributed by atoms with van der Waals surface area (Å²) in [6.45, 7) is -0.435.